The minimum Gasteiger partial charge on any atom is -0.325 e. The van der Waals surface area contributed by atoms with E-state index in [9.17, 15) is 27.6 Å². The van der Waals surface area contributed by atoms with Gasteiger partial charge in [-0.3, -0.25) is 19.3 Å². The zero-order chi connectivity index (χ0) is 21.3. The Balaban J connectivity index is 2.07. The van der Waals surface area contributed by atoms with Gasteiger partial charge in [0.15, 0.2) is 5.82 Å². The van der Waals surface area contributed by atoms with Gasteiger partial charge >= 0.3 is 6.18 Å². The predicted molar refractivity (Wildman–Crippen MR) is 100 cm³/mol. The van der Waals surface area contributed by atoms with Crippen LogP contribution in [0.4, 0.5) is 30.4 Å². The number of nitrogens with zero attached hydrogens (tertiary/aromatic N) is 2. The van der Waals surface area contributed by atoms with Crippen molar-refractivity contribution in [1.82, 2.24) is 4.98 Å². The van der Waals surface area contributed by atoms with Crippen LogP contribution in [0, 0.1) is 6.92 Å². The van der Waals surface area contributed by atoms with Gasteiger partial charge in [0.05, 0.1) is 11.3 Å². The Labute approximate surface area is 167 Å². The van der Waals surface area contributed by atoms with Crippen LogP contribution in [-0.4, -0.2) is 35.1 Å². The van der Waals surface area contributed by atoms with Crippen LogP contribution in [0.2, 0.25) is 0 Å². The zero-order valence-electron chi connectivity index (χ0n) is 14.9. The topological polar surface area (TPSA) is 91.4 Å². The van der Waals surface area contributed by atoms with Gasteiger partial charge in [0, 0.05) is 17.4 Å². The molecule has 2 aromatic rings. The number of alkyl halides is 4. The van der Waals surface area contributed by atoms with Crippen molar-refractivity contribution in [3.8, 4) is 0 Å². The quantitative estimate of drug-likeness (QED) is 0.737. The number of aryl methyl sites for hydroxylation is 1. The number of aromatic nitrogens is 1. The highest BCUT2D eigenvalue weighted by Crippen LogP contribution is 2.34. The van der Waals surface area contributed by atoms with E-state index in [0.29, 0.717) is 23.4 Å². The van der Waals surface area contributed by atoms with Crippen LogP contribution in [-0.2, 0) is 15.8 Å². The van der Waals surface area contributed by atoms with Gasteiger partial charge < -0.3 is 10.6 Å². The van der Waals surface area contributed by atoms with Crippen LogP contribution in [0.5, 0.6) is 0 Å². The third kappa shape index (κ3) is 4.32. The van der Waals surface area contributed by atoms with Crippen LogP contribution in [0.1, 0.15) is 21.5 Å². The molecule has 152 valence electrons. The van der Waals surface area contributed by atoms with Crippen molar-refractivity contribution in [2.75, 3.05) is 28.0 Å². The number of anilines is 3. The molecule has 0 unspecified atom stereocenters. The molecule has 11 heteroatoms. The Morgan fingerprint density at radius 1 is 1.31 bits per heavy atom. The van der Waals surface area contributed by atoms with Crippen molar-refractivity contribution in [2.45, 2.75) is 13.1 Å². The van der Waals surface area contributed by atoms with Gasteiger partial charge in [0.2, 0.25) is 11.8 Å². The number of carbonyl (C=O) groups is 3. The monoisotopic (exact) mass is 426 g/mol. The van der Waals surface area contributed by atoms with E-state index in [0.717, 1.165) is 11.0 Å². The van der Waals surface area contributed by atoms with E-state index in [1.54, 1.807) is 13.0 Å². The van der Waals surface area contributed by atoms with E-state index in [2.05, 4.69) is 15.6 Å². The molecule has 1 aromatic heterocycles. The summed E-state index contributed by atoms with van der Waals surface area (Å²) in [6, 6.07) is 4.06. The summed E-state index contributed by atoms with van der Waals surface area (Å²) in [6.45, 7) is 1.28. The molecule has 0 saturated heterocycles. The summed E-state index contributed by atoms with van der Waals surface area (Å²) < 4.78 is 39.9. The van der Waals surface area contributed by atoms with E-state index < -0.39 is 41.9 Å². The van der Waals surface area contributed by atoms with Crippen LogP contribution in [0.25, 0.3) is 0 Å². The van der Waals surface area contributed by atoms with E-state index in [-0.39, 0.29) is 17.1 Å². The van der Waals surface area contributed by atoms with Gasteiger partial charge in [-0.2, -0.15) is 13.2 Å². The molecule has 0 bridgehead atoms. The Bertz CT molecular complexity index is 1010. The second kappa shape index (κ2) is 7.70. The highest BCUT2D eigenvalue weighted by atomic mass is 35.5. The number of fused-ring (bicyclic) bond motifs is 1. The molecule has 3 rings (SSSR count). The fourth-order valence-corrected chi connectivity index (χ4v) is 2.87. The normalized spacial score (nSPS) is 13.6. The predicted octanol–water partition coefficient (Wildman–Crippen LogP) is 3.19. The molecule has 1 aliphatic heterocycles. The lowest BCUT2D eigenvalue weighted by atomic mass is 10.1. The molecule has 2 N–H and O–H groups in total. The third-order valence-electron chi connectivity index (χ3n) is 4.12. The Morgan fingerprint density at radius 3 is 2.69 bits per heavy atom. The minimum atomic E-state index is -4.76. The molecule has 0 atom stereocenters. The first-order valence-electron chi connectivity index (χ1n) is 8.25. The molecule has 1 aliphatic rings. The highest BCUT2D eigenvalue weighted by Gasteiger charge is 2.34. The lowest BCUT2D eigenvalue weighted by Gasteiger charge is -2.29. The van der Waals surface area contributed by atoms with Gasteiger partial charge in [-0.15, -0.1) is 11.6 Å². The number of hydrogen-bond acceptors (Lipinski definition) is 4. The van der Waals surface area contributed by atoms with Crippen LogP contribution >= 0.6 is 11.6 Å². The molecule has 3 amide bonds. The lowest BCUT2D eigenvalue weighted by molar-refractivity contribution is -0.137. The number of halogens is 4. The van der Waals surface area contributed by atoms with Crippen LogP contribution < -0.4 is 15.5 Å². The molecule has 0 aliphatic carbocycles. The van der Waals surface area contributed by atoms with E-state index >= 15 is 0 Å². The fraction of sp³-hybridized carbons (Fsp3) is 0.222. The number of hydrogen-bond donors (Lipinski definition) is 2. The molecule has 1 aromatic carbocycles. The summed E-state index contributed by atoms with van der Waals surface area (Å²) in [6.07, 6.45) is -3.34. The molecule has 0 fully saturated rings. The largest absolute Gasteiger partial charge is 0.416 e. The van der Waals surface area contributed by atoms with Crippen molar-refractivity contribution in [3.63, 3.8) is 0 Å². The Kier molecular flexibility index (Phi) is 5.47. The number of benzene rings is 1. The second-order valence-corrected chi connectivity index (χ2v) is 6.51. The van der Waals surface area contributed by atoms with Gasteiger partial charge in [0.1, 0.15) is 12.4 Å². The number of carbonyl (C=O) groups excluding carboxylic acids is 3. The summed E-state index contributed by atoms with van der Waals surface area (Å²) in [5.41, 5.74) is -0.798. The lowest BCUT2D eigenvalue weighted by Crippen LogP contribution is -2.43. The minimum absolute atomic E-state index is 0.123. The SMILES string of the molecule is Cc1ccnc2c1NC(=O)CN2C(=O)c1cc(NC(=O)CCl)cc(C(F)(F)F)c1. The first-order chi connectivity index (χ1) is 13.6. The Hall–Kier alpha value is -3.14. The first-order valence-corrected chi connectivity index (χ1v) is 8.79. The molecule has 29 heavy (non-hydrogen) atoms. The summed E-state index contributed by atoms with van der Waals surface area (Å²) in [4.78, 5) is 41.6. The van der Waals surface area contributed by atoms with Crippen molar-refractivity contribution < 1.29 is 27.6 Å². The summed E-state index contributed by atoms with van der Waals surface area (Å²) in [7, 11) is 0. The van der Waals surface area contributed by atoms with Gasteiger partial charge in [-0.05, 0) is 36.8 Å². The first kappa shape index (κ1) is 20.6. The number of rotatable bonds is 3. The third-order valence-corrected chi connectivity index (χ3v) is 4.36. The Morgan fingerprint density at radius 2 is 2.03 bits per heavy atom. The second-order valence-electron chi connectivity index (χ2n) is 6.24. The van der Waals surface area contributed by atoms with Crippen molar-refractivity contribution in [3.05, 3.63) is 47.2 Å². The highest BCUT2D eigenvalue weighted by molar-refractivity contribution is 6.29. The maximum Gasteiger partial charge on any atom is 0.416 e. The van der Waals surface area contributed by atoms with Crippen molar-refractivity contribution >= 4 is 46.5 Å². The molecular weight excluding hydrogens is 413 g/mol. The summed E-state index contributed by atoms with van der Waals surface area (Å²) in [5, 5.41) is 4.80. The van der Waals surface area contributed by atoms with E-state index in [1.165, 1.54) is 6.20 Å². The van der Waals surface area contributed by atoms with Gasteiger partial charge in [-0.1, -0.05) is 0 Å². The molecule has 2 heterocycles. The standard InChI is InChI=1S/C18H14ClF3N4O3/c1-9-2-3-23-16-15(9)25-14(28)8-26(16)17(29)10-4-11(18(20,21)22)6-12(5-10)24-13(27)7-19/h2-6H,7-8H2,1H3,(H,24,27)(H,25,28). The molecule has 7 nitrogen and oxygen atoms in total. The number of amides is 3. The van der Waals surface area contributed by atoms with Gasteiger partial charge in [-0.25, -0.2) is 4.98 Å². The number of nitrogens with one attached hydrogen (secondary N) is 2. The maximum absolute atomic E-state index is 13.3. The molecular formula is C18H14ClF3N4O3. The van der Waals surface area contributed by atoms with E-state index in [4.69, 9.17) is 11.6 Å². The van der Waals surface area contributed by atoms with Crippen LogP contribution in [0.15, 0.2) is 30.5 Å². The summed E-state index contributed by atoms with van der Waals surface area (Å²) in [5.74, 6) is -2.46. The fourth-order valence-electron chi connectivity index (χ4n) is 2.81. The molecule has 0 spiro atoms. The van der Waals surface area contributed by atoms with Crippen molar-refractivity contribution in [2.24, 2.45) is 0 Å². The number of pyridine rings is 1. The average molecular weight is 427 g/mol. The molecule has 0 radical (unpaired) electrons. The van der Waals surface area contributed by atoms with Gasteiger partial charge in [0.25, 0.3) is 5.91 Å². The average Bonchev–Trinajstić information content (AvgIpc) is 2.66. The van der Waals surface area contributed by atoms with E-state index in [1.807, 2.05) is 0 Å². The smallest absolute Gasteiger partial charge is 0.325 e. The van der Waals surface area contributed by atoms with Crippen molar-refractivity contribution in [1.29, 1.82) is 0 Å². The zero-order valence-corrected chi connectivity index (χ0v) is 15.7. The van der Waals surface area contributed by atoms with Crippen LogP contribution in [0.3, 0.4) is 0 Å². The molecule has 0 saturated carbocycles. The maximum atomic E-state index is 13.3. The summed E-state index contributed by atoms with van der Waals surface area (Å²) >= 11 is 5.38.